The Hall–Kier alpha value is -3.02. The van der Waals surface area contributed by atoms with Crippen molar-refractivity contribution < 1.29 is 9.53 Å². The lowest BCUT2D eigenvalue weighted by Crippen LogP contribution is -2.35. The molecule has 6 heteroatoms. The third kappa shape index (κ3) is 5.00. The minimum absolute atomic E-state index is 0.177. The van der Waals surface area contributed by atoms with Crippen molar-refractivity contribution in [1.82, 2.24) is 4.90 Å². The second-order valence-corrected chi connectivity index (χ2v) is 6.53. The zero-order valence-electron chi connectivity index (χ0n) is 15.6. The van der Waals surface area contributed by atoms with Crippen molar-refractivity contribution in [3.05, 3.63) is 59.7 Å². The summed E-state index contributed by atoms with van der Waals surface area (Å²) in [5, 5.41) is 3.03. The molecule has 0 radical (unpaired) electrons. The first-order chi connectivity index (χ1) is 13.2. The average Bonchev–Trinajstić information content (AvgIpc) is 2.71. The van der Waals surface area contributed by atoms with Crippen LogP contribution < -0.4 is 15.8 Å². The molecule has 0 fully saturated rings. The van der Waals surface area contributed by atoms with Crippen molar-refractivity contribution in [2.24, 2.45) is 10.7 Å². The molecule has 6 nitrogen and oxygen atoms in total. The van der Waals surface area contributed by atoms with Gasteiger partial charge >= 0.3 is 0 Å². The highest BCUT2D eigenvalue weighted by Gasteiger charge is 2.19. The molecule has 0 saturated carbocycles. The molecule has 1 aliphatic heterocycles. The zero-order chi connectivity index (χ0) is 19.1. The van der Waals surface area contributed by atoms with E-state index in [0.29, 0.717) is 37.6 Å². The molecule has 3 rings (SSSR count). The number of rotatable bonds is 6. The number of fused-ring (bicyclic) bond motifs is 1. The fourth-order valence-corrected chi connectivity index (χ4v) is 3.22. The van der Waals surface area contributed by atoms with Gasteiger partial charge in [0.05, 0.1) is 12.8 Å². The number of nitrogens with one attached hydrogen (secondary N) is 1. The molecule has 1 heterocycles. The first-order valence-corrected chi connectivity index (χ1v) is 9.22. The van der Waals surface area contributed by atoms with Gasteiger partial charge in [-0.05, 0) is 36.1 Å². The minimum Gasteiger partial charge on any atom is -0.495 e. The van der Waals surface area contributed by atoms with Crippen LogP contribution in [0, 0.1) is 0 Å². The highest BCUT2D eigenvalue weighted by atomic mass is 16.5. The molecule has 1 amide bonds. The lowest BCUT2D eigenvalue weighted by molar-refractivity contribution is -0.132. The molecule has 0 bridgehead atoms. The largest absolute Gasteiger partial charge is 0.495 e. The number of nitrogens with two attached hydrogens (primary N) is 1. The maximum Gasteiger partial charge on any atom is 0.222 e. The van der Waals surface area contributed by atoms with Crippen molar-refractivity contribution in [1.29, 1.82) is 0 Å². The number of ether oxygens (including phenoxy) is 1. The lowest BCUT2D eigenvalue weighted by Gasteiger charge is -2.28. The van der Waals surface area contributed by atoms with Gasteiger partial charge in [0.25, 0.3) is 0 Å². The Kier molecular flexibility index (Phi) is 6.30. The molecule has 0 spiro atoms. The van der Waals surface area contributed by atoms with E-state index >= 15 is 0 Å². The normalized spacial score (nSPS) is 13.8. The Morgan fingerprint density at radius 1 is 1.19 bits per heavy atom. The molecule has 0 aliphatic carbocycles. The lowest BCUT2D eigenvalue weighted by atomic mass is 9.99. The van der Waals surface area contributed by atoms with Crippen LogP contribution in [-0.2, 0) is 17.8 Å². The summed E-state index contributed by atoms with van der Waals surface area (Å²) in [5.74, 6) is 1.20. The van der Waals surface area contributed by atoms with Crippen molar-refractivity contribution >= 4 is 17.6 Å². The van der Waals surface area contributed by atoms with E-state index in [4.69, 9.17) is 10.5 Å². The van der Waals surface area contributed by atoms with E-state index in [1.165, 1.54) is 11.1 Å². The van der Waals surface area contributed by atoms with Crippen LogP contribution >= 0.6 is 0 Å². The van der Waals surface area contributed by atoms with E-state index in [-0.39, 0.29) is 5.91 Å². The van der Waals surface area contributed by atoms with E-state index in [0.717, 1.165) is 18.7 Å². The topological polar surface area (TPSA) is 80.0 Å². The molecule has 0 unspecified atom stereocenters. The number of anilines is 1. The summed E-state index contributed by atoms with van der Waals surface area (Å²) < 4.78 is 5.27. The smallest absolute Gasteiger partial charge is 0.222 e. The number of hydrogen-bond donors (Lipinski definition) is 2. The van der Waals surface area contributed by atoms with Crippen molar-refractivity contribution in [2.45, 2.75) is 25.8 Å². The number of nitrogens with zero attached hydrogens (tertiary/aromatic N) is 2. The molecule has 0 saturated heterocycles. The number of carbonyl (C=O) groups is 1. The third-order valence-electron chi connectivity index (χ3n) is 4.68. The van der Waals surface area contributed by atoms with Gasteiger partial charge in [0.15, 0.2) is 5.96 Å². The fourth-order valence-electron chi connectivity index (χ4n) is 3.22. The van der Waals surface area contributed by atoms with Crippen LogP contribution in [0.2, 0.25) is 0 Å². The summed E-state index contributed by atoms with van der Waals surface area (Å²) in [6.45, 7) is 2.00. The predicted molar refractivity (Wildman–Crippen MR) is 108 cm³/mol. The number of para-hydroxylation sites is 2. The van der Waals surface area contributed by atoms with Gasteiger partial charge in [-0.3, -0.25) is 9.79 Å². The maximum atomic E-state index is 12.4. The number of guanidine groups is 1. The summed E-state index contributed by atoms with van der Waals surface area (Å²) in [6.07, 6.45) is 2.08. The Morgan fingerprint density at radius 3 is 2.74 bits per heavy atom. The third-order valence-corrected chi connectivity index (χ3v) is 4.68. The molecule has 0 atom stereocenters. The van der Waals surface area contributed by atoms with Gasteiger partial charge in [0.1, 0.15) is 5.75 Å². The Bertz CT molecular complexity index is 819. The van der Waals surface area contributed by atoms with Crippen LogP contribution in [0.4, 0.5) is 5.69 Å². The van der Waals surface area contributed by atoms with Crippen LogP contribution in [-0.4, -0.2) is 37.0 Å². The summed E-state index contributed by atoms with van der Waals surface area (Å²) >= 11 is 0. The van der Waals surface area contributed by atoms with Crippen molar-refractivity contribution in [3.8, 4) is 5.75 Å². The quantitative estimate of drug-likeness (QED) is 0.468. The molecule has 0 aromatic heterocycles. The molecule has 142 valence electrons. The fraction of sp³-hybridized carbons (Fsp3) is 0.333. The zero-order valence-corrected chi connectivity index (χ0v) is 15.6. The number of carbonyl (C=O) groups excluding carboxylic acids is 1. The van der Waals surface area contributed by atoms with E-state index < -0.39 is 0 Å². The molecule has 2 aromatic rings. The SMILES string of the molecule is COc1ccccc1NC(N)=NCCCC(=O)N1CCc2ccccc2C1. The van der Waals surface area contributed by atoms with Gasteiger partial charge in [0, 0.05) is 26.1 Å². The Balaban J connectivity index is 1.44. The van der Waals surface area contributed by atoms with Crippen LogP contribution in [0.15, 0.2) is 53.5 Å². The first kappa shape index (κ1) is 18.8. The van der Waals surface area contributed by atoms with Crippen LogP contribution in [0.3, 0.4) is 0 Å². The number of amides is 1. The van der Waals surface area contributed by atoms with Gasteiger partial charge in [0.2, 0.25) is 5.91 Å². The van der Waals surface area contributed by atoms with Crippen molar-refractivity contribution in [3.63, 3.8) is 0 Å². The number of benzene rings is 2. The van der Waals surface area contributed by atoms with Gasteiger partial charge in [-0.15, -0.1) is 0 Å². The molecule has 3 N–H and O–H groups in total. The molecule has 27 heavy (non-hydrogen) atoms. The predicted octanol–water partition coefficient (Wildman–Crippen LogP) is 2.79. The Labute approximate surface area is 160 Å². The molecule has 1 aliphatic rings. The van der Waals surface area contributed by atoms with E-state index in [1.54, 1.807) is 7.11 Å². The monoisotopic (exact) mass is 366 g/mol. The van der Waals surface area contributed by atoms with E-state index in [1.807, 2.05) is 35.2 Å². The number of hydrogen-bond acceptors (Lipinski definition) is 3. The highest BCUT2D eigenvalue weighted by Crippen LogP contribution is 2.22. The summed E-state index contributed by atoms with van der Waals surface area (Å²) in [6, 6.07) is 15.8. The molecular weight excluding hydrogens is 340 g/mol. The summed E-state index contributed by atoms with van der Waals surface area (Å²) in [7, 11) is 1.61. The molecular formula is C21H26N4O2. The first-order valence-electron chi connectivity index (χ1n) is 9.22. The second kappa shape index (κ2) is 9.07. The maximum absolute atomic E-state index is 12.4. The number of methoxy groups -OCH3 is 1. The van der Waals surface area contributed by atoms with Crippen LogP contribution in [0.5, 0.6) is 5.75 Å². The van der Waals surface area contributed by atoms with Crippen LogP contribution in [0.1, 0.15) is 24.0 Å². The highest BCUT2D eigenvalue weighted by molar-refractivity contribution is 5.93. The summed E-state index contributed by atoms with van der Waals surface area (Å²) in [4.78, 5) is 18.7. The van der Waals surface area contributed by atoms with Gasteiger partial charge in [-0.1, -0.05) is 36.4 Å². The summed E-state index contributed by atoms with van der Waals surface area (Å²) in [5.41, 5.74) is 9.30. The van der Waals surface area contributed by atoms with Gasteiger partial charge < -0.3 is 20.7 Å². The second-order valence-electron chi connectivity index (χ2n) is 6.53. The minimum atomic E-state index is 0.177. The van der Waals surface area contributed by atoms with Gasteiger partial charge in [-0.25, -0.2) is 0 Å². The van der Waals surface area contributed by atoms with E-state index in [9.17, 15) is 4.79 Å². The Morgan fingerprint density at radius 2 is 1.93 bits per heavy atom. The molecule has 2 aromatic carbocycles. The van der Waals surface area contributed by atoms with Crippen molar-refractivity contribution in [2.75, 3.05) is 25.5 Å². The standard InChI is InChI=1S/C21H26N4O2/c1-27-19-10-5-4-9-18(19)24-21(22)23-13-6-11-20(26)25-14-12-16-7-2-3-8-17(16)15-25/h2-5,7-10H,6,11-15H2,1H3,(H3,22,23,24). The van der Waals surface area contributed by atoms with Crippen LogP contribution in [0.25, 0.3) is 0 Å². The number of aliphatic imine (C=N–C) groups is 1. The van der Waals surface area contributed by atoms with Gasteiger partial charge in [-0.2, -0.15) is 0 Å². The van der Waals surface area contributed by atoms with E-state index in [2.05, 4.69) is 28.5 Å². The average molecular weight is 366 g/mol.